The van der Waals surface area contributed by atoms with Crippen LogP contribution < -0.4 is 30.2 Å². The second kappa shape index (κ2) is 9.24. The van der Waals surface area contributed by atoms with Gasteiger partial charge in [-0.25, -0.2) is 13.4 Å². The first kappa shape index (κ1) is 29.4. The van der Waals surface area contributed by atoms with E-state index in [4.69, 9.17) is 4.74 Å². The molecule has 47 heavy (non-hydrogen) atoms. The smallest absolute Gasteiger partial charge is 0.496 e. The fraction of sp³-hybridized carbons (Fsp3) is 0.594. The number of methoxy groups -OCH3 is 1. The van der Waals surface area contributed by atoms with E-state index in [1.165, 1.54) is 38.3 Å². The summed E-state index contributed by atoms with van der Waals surface area (Å²) in [6, 6.07) is 3.90. The molecule has 3 heterocycles. The Morgan fingerprint density at radius 3 is 2.28 bits per heavy atom. The number of amides is 2. The first-order valence-electron chi connectivity index (χ1n) is 16.1. The lowest BCUT2D eigenvalue weighted by molar-refractivity contribution is -0.286. The number of nitrogens with zero attached hydrogens (tertiary/aromatic N) is 2. The van der Waals surface area contributed by atoms with Crippen LogP contribution in [-0.2, 0) is 9.84 Å². The Kier molecular flexibility index (Phi) is 5.79. The summed E-state index contributed by atoms with van der Waals surface area (Å²) in [4.78, 5) is 34.4. The highest BCUT2D eigenvalue weighted by Crippen LogP contribution is 2.75. The Balaban J connectivity index is 0.955. The molecule has 12 nitrogen and oxygen atoms in total. The van der Waals surface area contributed by atoms with Gasteiger partial charge < -0.3 is 30.2 Å². The molecule has 0 spiro atoms. The van der Waals surface area contributed by atoms with Crippen LogP contribution in [0.3, 0.4) is 0 Å². The molecule has 1 aromatic heterocycles. The highest BCUT2D eigenvalue weighted by atomic mass is 32.2. The van der Waals surface area contributed by atoms with Crippen molar-refractivity contribution in [1.82, 2.24) is 15.2 Å². The molecule has 1 saturated heterocycles. The number of ether oxygens (including phenoxy) is 3. The molecule has 7 saturated carbocycles. The molecule has 2 amide bonds. The van der Waals surface area contributed by atoms with Crippen molar-refractivity contribution in [1.29, 1.82) is 0 Å². The Bertz CT molecular complexity index is 1810. The van der Waals surface area contributed by atoms with E-state index in [9.17, 15) is 26.8 Å². The van der Waals surface area contributed by atoms with Gasteiger partial charge in [-0.2, -0.15) is 0 Å². The summed E-state index contributed by atoms with van der Waals surface area (Å²) >= 11 is 0. The predicted octanol–water partition coefficient (Wildman–Crippen LogP) is 3.54. The lowest BCUT2D eigenvalue weighted by atomic mass is 9.37. The third-order valence-corrected chi connectivity index (χ3v) is 13.3. The Hall–Kier alpha value is -3.72. The van der Waals surface area contributed by atoms with E-state index in [1.807, 2.05) is 0 Å². The molecule has 9 aliphatic rings. The maximum absolute atomic E-state index is 14.0. The van der Waals surface area contributed by atoms with Crippen LogP contribution in [0, 0.1) is 11.3 Å². The number of sulfone groups is 1. The average molecular weight is 672 g/mol. The zero-order valence-electron chi connectivity index (χ0n) is 25.8. The number of anilines is 2. The number of carbonyl (C=O) groups excluding carboxylic acids is 2. The fourth-order valence-electron chi connectivity index (χ4n) is 9.48. The van der Waals surface area contributed by atoms with Gasteiger partial charge in [0.2, 0.25) is 0 Å². The number of alkyl halides is 2. The van der Waals surface area contributed by atoms with Crippen molar-refractivity contribution in [3.8, 4) is 17.2 Å². The van der Waals surface area contributed by atoms with Gasteiger partial charge in [0.25, 0.3) is 11.8 Å². The van der Waals surface area contributed by atoms with E-state index in [0.29, 0.717) is 18.5 Å². The fourth-order valence-corrected chi connectivity index (χ4v) is 10.7. The monoisotopic (exact) mass is 671 g/mol. The molecule has 0 unspecified atom stereocenters. The van der Waals surface area contributed by atoms with Crippen molar-refractivity contribution in [2.45, 2.75) is 74.3 Å². The van der Waals surface area contributed by atoms with E-state index in [1.54, 1.807) is 6.07 Å². The Labute approximate surface area is 269 Å². The molecule has 0 radical (unpaired) electrons. The second-order valence-corrected chi connectivity index (χ2v) is 17.2. The number of hydrogen-bond donors (Lipinski definition) is 3. The lowest BCUT2D eigenvalue weighted by Crippen LogP contribution is -2.82. The molecular weight excluding hydrogens is 636 g/mol. The maximum atomic E-state index is 14.0. The number of rotatable bonds is 9. The molecular formula is C32H35F2N5O7S. The average Bonchev–Trinajstić information content (AvgIpc) is 3.72. The van der Waals surface area contributed by atoms with Gasteiger partial charge in [0.05, 0.1) is 29.9 Å². The summed E-state index contributed by atoms with van der Waals surface area (Å²) in [6.45, 7) is 1.03. The zero-order valence-corrected chi connectivity index (χ0v) is 26.6. The van der Waals surface area contributed by atoms with Crippen LogP contribution in [0.5, 0.6) is 17.2 Å². The number of halogens is 2. The molecule has 11 rings (SSSR count). The van der Waals surface area contributed by atoms with E-state index < -0.39 is 27.9 Å². The lowest BCUT2D eigenvalue weighted by Gasteiger charge is -2.74. The molecule has 7 aliphatic carbocycles. The zero-order chi connectivity index (χ0) is 32.6. The standard InChI is InChI=1S/C32H35F2N5O7S/c1-44-21-4-5-35-25(37-30-15-31(16-30,17-30)39-6-8-47(42,43)9-7-39)24(21)27(41)36-20-11-23-22(45-32(33,34)46-23)10-19(20)26(40)38-29-12-28(13-29,14-29)18-2-3-18/h4-5,10-11,18H,2-3,6-9,12-17H2,1H3,(H,35,37)(H,36,41)(H,38,40). The van der Waals surface area contributed by atoms with Crippen molar-refractivity contribution in [3.63, 3.8) is 0 Å². The number of pyridine rings is 1. The number of fused-ring (bicyclic) bond motifs is 1. The maximum Gasteiger partial charge on any atom is 0.586 e. The quantitative estimate of drug-likeness (QED) is 0.362. The second-order valence-electron chi connectivity index (χ2n) is 14.9. The topological polar surface area (TPSA) is 148 Å². The van der Waals surface area contributed by atoms with Crippen LogP contribution in [0.15, 0.2) is 24.4 Å². The van der Waals surface area contributed by atoms with E-state index >= 15 is 0 Å². The molecule has 3 N–H and O–H groups in total. The van der Waals surface area contributed by atoms with E-state index in [0.717, 1.165) is 44.4 Å². The minimum Gasteiger partial charge on any atom is -0.496 e. The van der Waals surface area contributed by atoms with Crippen LogP contribution in [0.4, 0.5) is 20.3 Å². The van der Waals surface area contributed by atoms with Gasteiger partial charge in [0.15, 0.2) is 21.3 Å². The highest BCUT2D eigenvalue weighted by Gasteiger charge is 2.73. The first-order valence-corrected chi connectivity index (χ1v) is 17.9. The van der Waals surface area contributed by atoms with Gasteiger partial charge in [-0.3, -0.25) is 14.5 Å². The minimum atomic E-state index is -3.91. The summed E-state index contributed by atoms with van der Waals surface area (Å²) < 4.78 is 66.8. The summed E-state index contributed by atoms with van der Waals surface area (Å²) in [7, 11) is -1.56. The SMILES string of the molecule is COc1ccnc(NC23CC(N4CCS(=O)(=O)CC4)(C2)C3)c1C(=O)Nc1cc2c(cc1C(=O)NC13CC(C4CC4)(C1)C3)OC(F)(F)O2. The Morgan fingerprint density at radius 2 is 1.64 bits per heavy atom. The molecule has 1 aromatic carbocycles. The van der Waals surface area contributed by atoms with Crippen LogP contribution in [0.25, 0.3) is 0 Å². The van der Waals surface area contributed by atoms with Crippen LogP contribution in [0.1, 0.15) is 72.1 Å². The van der Waals surface area contributed by atoms with Gasteiger partial charge in [0, 0.05) is 42.0 Å². The Morgan fingerprint density at radius 1 is 0.979 bits per heavy atom. The van der Waals surface area contributed by atoms with E-state index in [2.05, 4.69) is 35.3 Å². The van der Waals surface area contributed by atoms with Crippen LogP contribution in [0.2, 0.25) is 0 Å². The highest BCUT2D eigenvalue weighted by molar-refractivity contribution is 7.91. The predicted molar refractivity (Wildman–Crippen MR) is 164 cm³/mol. The number of nitrogens with one attached hydrogen (secondary N) is 3. The number of benzene rings is 1. The molecule has 15 heteroatoms. The summed E-state index contributed by atoms with van der Waals surface area (Å²) in [5.74, 6) is -0.163. The normalized spacial score (nSPS) is 34.9. The molecule has 8 fully saturated rings. The third kappa shape index (κ3) is 4.51. The largest absolute Gasteiger partial charge is 0.586 e. The van der Waals surface area contributed by atoms with Crippen molar-refractivity contribution >= 4 is 33.2 Å². The summed E-state index contributed by atoms with van der Waals surface area (Å²) in [5.41, 5.74) is -0.287. The first-order chi connectivity index (χ1) is 22.2. The molecule has 250 valence electrons. The number of carbonyl (C=O) groups is 2. The number of hydrogen-bond acceptors (Lipinski definition) is 10. The van der Waals surface area contributed by atoms with E-state index in [-0.39, 0.29) is 68.0 Å². The van der Waals surface area contributed by atoms with Crippen LogP contribution in [-0.4, -0.2) is 84.7 Å². The van der Waals surface area contributed by atoms with Crippen LogP contribution >= 0.6 is 0 Å². The summed E-state index contributed by atoms with van der Waals surface area (Å²) in [5, 5.41) is 9.30. The van der Waals surface area contributed by atoms with Gasteiger partial charge in [-0.05, 0) is 74.8 Å². The summed E-state index contributed by atoms with van der Waals surface area (Å²) in [6.07, 6.45) is 5.15. The molecule has 0 atom stereocenters. The van der Waals surface area contributed by atoms with Crippen molar-refractivity contribution in [2.75, 3.05) is 42.3 Å². The molecule has 4 bridgehead atoms. The third-order valence-electron chi connectivity index (χ3n) is 11.7. The van der Waals surface area contributed by atoms with Gasteiger partial charge in [0.1, 0.15) is 17.1 Å². The molecule has 2 aromatic rings. The van der Waals surface area contributed by atoms with Crippen molar-refractivity contribution in [2.24, 2.45) is 11.3 Å². The minimum absolute atomic E-state index is 0.0163. The van der Waals surface area contributed by atoms with Gasteiger partial charge >= 0.3 is 6.29 Å². The molecule has 2 aliphatic heterocycles. The number of aromatic nitrogens is 1. The van der Waals surface area contributed by atoms with Crippen molar-refractivity contribution in [3.05, 3.63) is 35.5 Å². The van der Waals surface area contributed by atoms with Gasteiger partial charge in [-0.1, -0.05) is 0 Å². The van der Waals surface area contributed by atoms with Crippen molar-refractivity contribution < 1.29 is 41.0 Å². The van der Waals surface area contributed by atoms with Gasteiger partial charge in [-0.15, -0.1) is 8.78 Å².